The summed E-state index contributed by atoms with van der Waals surface area (Å²) in [6.45, 7) is 0. The van der Waals surface area contributed by atoms with E-state index in [1.807, 2.05) is 0 Å². The van der Waals surface area contributed by atoms with Crippen LogP contribution in [-0.4, -0.2) is 22.6 Å². The van der Waals surface area contributed by atoms with Gasteiger partial charge in [-0.15, -0.1) is 0 Å². The van der Waals surface area contributed by atoms with Gasteiger partial charge in [0.05, 0.1) is 7.11 Å². The van der Waals surface area contributed by atoms with E-state index in [-0.39, 0.29) is 5.97 Å². The third-order valence-electron chi connectivity index (χ3n) is 1.61. The lowest BCUT2D eigenvalue weighted by atomic mass is 10.3. The number of methoxy groups -OCH3 is 1. The first-order valence-electron chi connectivity index (χ1n) is 3.44. The average molecular weight is 216 g/mol. The first-order chi connectivity index (χ1) is 6.24. The van der Waals surface area contributed by atoms with Crippen molar-refractivity contribution < 1.29 is 14.2 Å². The van der Waals surface area contributed by atoms with Crippen molar-refractivity contribution in [1.29, 1.82) is 0 Å². The van der Waals surface area contributed by atoms with Gasteiger partial charge in [0, 0.05) is 15.6 Å². The second-order valence-electron chi connectivity index (χ2n) is 2.37. The van der Waals surface area contributed by atoms with Crippen LogP contribution in [0.5, 0.6) is 0 Å². The molecule has 13 heavy (non-hydrogen) atoms. The molecule has 0 bridgehead atoms. The lowest BCUT2D eigenvalue weighted by Crippen LogP contribution is -2.36. The number of nitrogens with zero attached hydrogens (tertiary/aromatic N) is 3. The summed E-state index contributed by atoms with van der Waals surface area (Å²) in [6.07, 6.45) is 0. The predicted octanol–water partition coefficient (Wildman–Crippen LogP) is 0.316. The molecule has 0 aliphatic carbocycles. The second kappa shape index (κ2) is 3.00. The molecule has 0 aromatic heterocycles. The molecule has 0 radical (unpaired) electrons. The summed E-state index contributed by atoms with van der Waals surface area (Å²) < 4.78 is 10.2. The topological polar surface area (TPSA) is 56.0 Å². The van der Waals surface area contributed by atoms with Crippen LogP contribution in [0.2, 0.25) is 0 Å². The first-order valence-corrected chi connectivity index (χ1v) is 5.54. The van der Waals surface area contributed by atoms with Crippen LogP contribution in [0.1, 0.15) is 10.5 Å². The summed E-state index contributed by atoms with van der Waals surface area (Å²) in [4.78, 5) is 12.1. The van der Waals surface area contributed by atoms with Gasteiger partial charge in [0.1, 0.15) is 0 Å². The van der Waals surface area contributed by atoms with Gasteiger partial charge in [0.2, 0.25) is 0 Å². The van der Waals surface area contributed by atoms with Crippen molar-refractivity contribution in [3.8, 4) is 10.7 Å². The Hall–Kier alpha value is -1.08. The van der Waals surface area contributed by atoms with Crippen LogP contribution in [0, 0.1) is 0 Å². The van der Waals surface area contributed by atoms with Crippen LogP contribution in [0.3, 0.4) is 0 Å². The lowest BCUT2D eigenvalue weighted by molar-refractivity contribution is -0.727. The molecule has 0 aromatic rings. The molecule has 68 valence electrons. The SMILES string of the molecule is COC(=O)c1c2ssnc-2n[n+]1C. The Kier molecular flexibility index (Phi) is 1.97. The molecule has 0 N–H and O–H groups in total. The van der Waals surface area contributed by atoms with E-state index in [4.69, 9.17) is 0 Å². The fourth-order valence-corrected chi connectivity index (χ4v) is 2.87. The summed E-state index contributed by atoms with van der Waals surface area (Å²) in [5.41, 5.74) is 0.469. The first kappa shape index (κ1) is 8.52. The highest BCUT2D eigenvalue weighted by Crippen LogP contribution is 2.28. The molecule has 0 saturated carbocycles. The van der Waals surface area contributed by atoms with Gasteiger partial charge in [0.15, 0.2) is 11.9 Å². The van der Waals surface area contributed by atoms with E-state index in [1.54, 1.807) is 7.05 Å². The van der Waals surface area contributed by atoms with Gasteiger partial charge < -0.3 is 4.74 Å². The number of fused-ring (bicyclic) bond motifs is 1. The Bertz CT molecular complexity index is 422. The number of carbonyl (C=O) groups is 1. The van der Waals surface area contributed by atoms with Gasteiger partial charge in [-0.1, -0.05) is 4.68 Å². The number of hydrogen-bond donors (Lipinski definition) is 0. The molecule has 0 atom stereocenters. The zero-order valence-electron chi connectivity index (χ0n) is 6.97. The number of rotatable bonds is 1. The van der Waals surface area contributed by atoms with Gasteiger partial charge in [-0.05, 0) is 10.3 Å². The zero-order valence-corrected chi connectivity index (χ0v) is 8.61. The Morgan fingerprint density at radius 1 is 1.62 bits per heavy atom. The van der Waals surface area contributed by atoms with E-state index in [9.17, 15) is 4.79 Å². The standard InChI is InChI=1S/C6H6N3O2S2/c1-9-3(6(10)11-2)4-5(7-9)8-13-12-4/h1-2H3/q+1. The van der Waals surface area contributed by atoms with E-state index in [0.29, 0.717) is 11.5 Å². The van der Waals surface area contributed by atoms with Crippen LogP contribution in [0.25, 0.3) is 10.7 Å². The molecule has 0 fully saturated rings. The lowest BCUT2D eigenvalue weighted by Gasteiger charge is -1.89. The number of carbonyl (C=O) groups excluding carboxylic acids is 1. The number of ether oxygens (including phenoxy) is 1. The van der Waals surface area contributed by atoms with Crippen molar-refractivity contribution in [2.24, 2.45) is 7.05 Å². The van der Waals surface area contributed by atoms with Gasteiger partial charge in [-0.3, -0.25) is 0 Å². The second-order valence-corrected chi connectivity index (χ2v) is 4.22. The molecule has 0 saturated heterocycles. The largest absolute Gasteiger partial charge is 0.461 e. The summed E-state index contributed by atoms with van der Waals surface area (Å²) >= 11 is 0. The molecular formula is C6H6N3O2S2+. The molecule has 0 unspecified atom stereocenters. The Morgan fingerprint density at radius 3 is 3.08 bits per heavy atom. The Morgan fingerprint density at radius 2 is 2.38 bits per heavy atom. The third kappa shape index (κ3) is 1.20. The molecule has 2 rings (SSSR count). The van der Waals surface area contributed by atoms with E-state index in [1.165, 1.54) is 32.7 Å². The van der Waals surface area contributed by atoms with Gasteiger partial charge in [0.25, 0.3) is 5.82 Å². The number of hydrogen-bond acceptors (Lipinski definition) is 6. The van der Waals surface area contributed by atoms with E-state index in [2.05, 4.69) is 14.2 Å². The average Bonchev–Trinajstić information content (AvgIpc) is 2.62. The highest BCUT2D eigenvalue weighted by Gasteiger charge is 2.33. The summed E-state index contributed by atoms with van der Waals surface area (Å²) in [5.74, 6) is 0.236. The number of aromatic nitrogens is 3. The Balaban J connectivity index is 2.61. The van der Waals surface area contributed by atoms with Gasteiger partial charge >= 0.3 is 11.7 Å². The highest BCUT2D eigenvalue weighted by atomic mass is 32.9. The van der Waals surface area contributed by atoms with Gasteiger partial charge in [-0.2, -0.15) is 4.37 Å². The Labute approximate surface area is 81.5 Å². The van der Waals surface area contributed by atoms with Crippen molar-refractivity contribution in [3.05, 3.63) is 5.69 Å². The molecule has 7 heteroatoms. The van der Waals surface area contributed by atoms with Crippen molar-refractivity contribution in [1.82, 2.24) is 9.47 Å². The van der Waals surface area contributed by atoms with E-state index < -0.39 is 0 Å². The molecular weight excluding hydrogens is 210 g/mol. The molecule has 0 aromatic carbocycles. The van der Waals surface area contributed by atoms with E-state index in [0.717, 1.165) is 4.88 Å². The van der Waals surface area contributed by atoms with Gasteiger partial charge in [-0.25, -0.2) is 4.79 Å². The number of aryl methyl sites for hydroxylation is 1. The number of esters is 1. The quantitative estimate of drug-likeness (QED) is 0.391. The van der Waals surface area contributed by atoms with Crippen LogP contribution in [0.15, 0.2) is 0 Å². The minimum atomic E-state index is -0.374. The van der Waals surface area contributed by atoms with Crippen LogP contribution >= 0.6 is 20.9 Å². The minimum Gasteiger partial charge on any atom is -0.461 e. The van der Waals surface area contributed by atoms with Crippen LogP contribution in [0.4, 0.5) is 0 Å². The fourth-order valence-electron chi connectivity index (χ4n) is 1.04. The molecule has 5 nitrogen and oxygen atoms in total. The van der Waals surface area contributed by atoms with Crippen molar-refractivity contribution in [2.45, 2.75) is 0 Å². The van der Waals surface area contributed by atoms with Crippen molar-refractivity contribution in [2.75, 3.05) is 7.11 Å². The van der Waals surface area contributed by atoms with Crippen LogP contribution < -0.4 is 4.68 Å². The van der Waals surface area contributed by atoms with E-state index >= 15 is 0 Å². The molecule has 0 spiro atoms. The van der Waals surface area contributed by atoms with Crippen LogP contribution in [-0.2, 0) is 11.8 Å². The normalized spacial score (nSPS) is 10.6. The highest BCUT2D eigenvalue weighted by molar-refractivity contribution is 7.68. The molecule has 2 aliphatic heterocycles. The fraction of sp³-hybridized carbons (Fsp3) is 0.333. The maximum absolute atomic E-state index is 11.3. The molecule has 0 amide bonds. The van der Waals surface area contributed by atoms with Crippen molar-refractivity contribution in [3.63, 3.8) is 0 Å². The summed E-state index contributed by atoms with van der Waals surface area (Å²) in [6, 6.07) is 0. The van der Waals surface area contributed by atoms with Crippen molar-refractivity contribution >= 4 is 26.8 Å². The summed E-state index contributed by atoms with van der Waals surface area (Å²) in [7, 11) is 5.80. The smallest absolute Gasteiger partial charge is 0.407 e. The third-order valence-corrected chi connectivity index (χ3v) is 3.42. The summed E-state index contributed by atoms with van der Waals surface area (Å²) in [5, 5.41) is 4.07. The maximum Gasteiger partial charge on any atom is 0.407 e. The monoisotopic (exact) mass is 216 g/mol. The molecule has 2 heterocycles. The predicted molar refractivity (Wildman–Crippen MR) is 46.9 cm³/mol. The minimum absolute atomic E-state index is 0.374. The maximum atomic E-state index is 11.3. The molecule has 2 aliphatic rings. The zero-order chi connectivity index (χ0) is 9.42.